The van der Waals surface area contributed by atoms with Gasteiger partial charge in [0.1, 0.15) is 11.5 Å². The molecule has 8 N–H and O–H groups in total. The molecule has 0 heterocycles. The number of amides is 2. The second-order valence-electron chi connectivity index (χ2n) is 12.4. The van der Waals surface area contributed by atoms with Gasteiger partial charge in [-0.25, -0.2) is 21.6 Å². The third kappa shape index (κ3) is 8.17. The number of rotatable bonds is 10. The highest BCUT2D eigenvalue weighted by Crippen LogP contribution is 2.36. The predicted molar refractivity (Wildman–Crippen MR) is 207 cm³/mol. The molecule has 0 radical (unpaired) electrons. The van der Waals surface area contributed by atoms with Gasteiger partial charge in [0.2, 0.25) is 0 Å². The maximum absolute atomic E-state index is 13.4. The first-order chi connectivity index (χ1) is 26.0. The Hall–Kier alpha value is -5.97. The molecule has 6 aromatic rings. The third-order valence-electron chi connectivity index (χ3n) is 8.53. The van der Waals surface area contributed by atoms with E-state index in [1.807, 2.05) is 0 Å². The number of nitrogens with one attached hydrogen (secondary N) is 4. The second-order valence-corrected chi connectivity index (χ2v) is 18.6. The van der Waals surface area contributed by atoms with Gasteiger partial charge < -0.3 is 20.8 Å². The van der Waals surface area contributed by atoms with Gasteiger partial charge >= 0.3 is 6.03 Å². The van der Waals surface area contributed by atoms with E-state index in [0.29, 0.717) is 11.1 Å². The number of fused-ring (bicyclic) bond motifs is 2. The number of benzene rings is 6. The van der Waals surface area contributed by atoms with Crippen LogP contribution in [0.4, 0.5) is 27.5 Å². The van der Waals surface area contributed by atoms with Crippen LogP contribution in [0.15, 0.2) is 117 Å². The molecule has 0 fully saturated rings. The van der Waals surface area contributed by atoms with Crippen molar-refractivity contribution in [1.82, 2.24) is 0 Å². The molecule has 0 spiro atoms. The number of anilines is 4. The Balaban J connectivity index is 1.17. The number of hydrogen-bond donors (Lipinski definition) is 8. The summed E-state index contributed by atoms with van der Waals surface area (Å²) in [7, 11) is -17.9. The first-order valence-corrected chi connectivity index (χ1v) is 21.7. The van der Waals surface area contributed by atoms with Crippen LogP contribution >= 0.6 is 0 Å². The van der Waals surface area contributed by atoms with Gasteiger partial charge in [0.15, 0.2) is 0 Å². The molecule has 292 valence electrons. The molecule has 0 aliphatic heterocycles. The molecule has 6 aromatic carbocycles. The van der Waals surface area contributed by atoms with Crippen LogP contribution in [0.5, 0.6) is 11.5 Å². The fourth-order valence-corrected chi connectivity index (χ4v) is 9.03. The molecule has 0 atom stereocenters. The van der Waals surface area contributed by atoms with Crippen molar-refractivity contribution >= 4 is 90.6 Å². The van der Waals surface area contributed by atoms with Crippen LogP contribution in [0.25, 0.3) is 21.5 Å². The molecule has 0 bridgehead atoms. The molecule has 56 heavy (non-hydrogen) atoms. The van der Waals surface area contributed by atoms with Gasteiger partial charge in [-0.3, -0.25) is 18.5 Å². The van der Waals surface area contributed by atoms with Gasteiger partial charge in [0.25, 0.3) is 40.3 Å². The lowest BCUT2D eigenvalue weighted by atomic mass is 10.1. The standard InChI is InChI=1S/C35H30N4O13S4/c1-19-15-21(53(43,44)38-31-11-13-33(40)25-7-3-23(17-27(25)31)55(47,48)49)5-9-29(19)36-35(42)37-30-10-6-22(16-20(30)2)54(45,46)39-32-12-14-34(41)26-8-4-24(18-28(26)32)56(50,51)52/h3-18,38-41H,1-2H3,(H2,36,37,42)(H,47,48,49)(H,50,51,52). The molecule has 0 saturated carbocycles. The van der Waals surface area contributed by atoms with Gasteiger partial charge in [-0.1, -0.05) is 0 Å². The number of carbonyl (C=O) groups excluding carboxylic acids is 1. The summed E-state index contributed by atoms with van der Waals surface area (Å²) < 4.78 is 124. The van der Waals surface area contributed by atoms with Crippen LogP contribution in [-0.4, -0.2) is 59.0 Å². The van der Waals surface area contributed by atoms with E-state index in [-0.39, 0.29) is 65.6 Å². The molecule has 17 nitrogen and oxygen atoms in total. The van der Waals surface area contributed by atoms with Crippen molar-refractivity contribution in [1.29, 1.82) is 0 Å². The van der Waals surface area contributed by atoms with E-state index in [1.54, 1.807) is 0 Å². The van der Waals surface area contributed by atoms with E-state index in [2.05, 4.69) is 20.1 Å². The number of phenols is 2. The fourth-order valence-electron chi connectivity index (χ4n) is 5.69. The number of aryl methyl sites for hydroxylation is 2. The Morgan fingerprint density at radius 1 is 0.446 bits per heavy atom. The summed E-state index contributed by atoms with van der Waals surface area (Å²) in [6.45, 7) is 3.06. The number of hydrogen-bond acceptors (Lipinski definition) is 11. The topological polar surface area (TPSA) is 283 Å². The Labute approximate surface area is 320 Å². The molecule has 2 amide bonds. The first-order valence-electron chi connectivity index (χ1n) is 15.8. The number of urea groups is 1. The molecule has 0 saturated heterocycles. The van der Waals surface area contributed by atoms with E-state index in [0.717, 1.165) is 24.3 Å². The minimum absolute atomic E-state index is 0.00426. The van der Waals surface area contributed by atoms with Crippen molar-refractivity contribution in [3.63, 3.8) is 0 Å². The average Bonchev–Trinajstić information content (AvgIpc) is 3.11. The Kier molecular flexibility index (Phi) is 10.1. The maximum Gasteiger partial charge on any atom is 0.323 e. The molecule has 0 aliphatic rings. The molecule has 6 rings (SSSR count). The summed E-state index contributed by atoms with van der Waals surface area (Å²) in [5.74, 6) is -0.522. The lowest BCUT2D eigenvalue weighted by Gasteiger charge is -2.15. The van der Waals surface area contributed by atoms with E-state index >= 15 is 0 Å². The highest BCUT2D eigenvalue weighted by Gasteiger charge is 2.22. The number of sulfonamides is 2. The van der Waals surface area contributed by atoms with E-state index < -0.39 is 56.1 Å². The minimum atomic E-state index is -4.65. The molecule has 0 aliphatic carbocycles. The van der Waals surface area contributed by atoms with Crippen molar-refractivity contribution in [3.05, 3.63) is 108 Å². The lowest BCUT2D eigenvalue weighted by molar-refractivity contribution is 0.262. The summed E-state index contributed by atoms with van der Waals surface area (Å²) in [5, 5.41) is 25.9. The minimum Gasteiger partial charge on any atom is -0.507 e. The van der Waals surface area contributed by atoms with Gasteiger partial charge in [0, 0.05) is 32.9 Å². The summed E-state index contributed by atoms with van der Waals surface area (Å²) in [4.78, 5) is 11.5. The summed E-state index contributed by atoms with van der Waals surface area (Å²) in [6, 6.07) is 18.3. The molecular weight excluding hydrogens is 813 g/mol. The summed E-state index contributed by atoms with van der Waals surface area (Å²) >= 11 is 0. The smallest absolute Gasteiger partial charge is 0.323 e. The average molecular weight is 843 g/mol. The third-order valence-corrected chi connectivity index (χ3v) is 13.0. The Morgan fingerprint density at radius 2 is 0.786 bits per heavy atom. The van der Waals surface area contributed by atoms with E-state index in [9.17, 15) is 57.8 Å². The summed E-state index contributed by atoms with van der Waals surface area (Å²) in [5.41, 5.74) is 0.900. The zero-order valence-corrected chi connectivity index (χ0v) is 32.1. The monoisotopic (exact) mass is 842 g/mol. The molecular formula is C35H30N4O13S4. The first kappa shape index (κ1) is 39.7. The zero-order valence-electron chi connectivity index (χ0n) is 28.8. The molecule has 21 heteroatoms. The van der Waals surface area contributed by atoms with Crippen LogP contribution < -0.4 is 20.1 Å². The highest BCUT2D eigenvalue weighted by atomic mass is 32.2. The van der Waals surface area contributed by atoms with Crippen LogP contribution in [-0.2, 0) is 40.3 Å². The second kappa shape index (κ2) is 14.3. The van der Waals surface area contributed by atoms with E-state index in [4.69, 9.17) is 0 Å². The maximum atomic E-state index is 13.4. The van der Waals surface area contributed by atoms with Gasteiger partial charge in [-0.15, -0.1) is 0 Å². The quantitative estimate of drug-likeness (QED) is 0.0602. The van der Waals surface area contributed by atoms with Crippen molar-refractivity contribution in [2.24, 2.45) is 0 Å². The van der Waals surface area contributed by atoms with Crippen LogP contribution in [0.3, 0.4) is 0 Å². The molecule has 0 unspecified atom stereocenters. The van der Waals surface area contributed by atoms with Crippen LogP contribution in [0.1, 0.15) is 11.1 Å². The molecule has 0 aromatic heterocycles. The Bertz CT molecular complexity index is 2880. The fraction of sp³-hybridized carbons (Fsp3) is 0.0571. The highest BCUT2D eigenvalue weighted by molar-refractivity contribution is 7.93. The predicted octanol–water partition coefficient (Wildman–Crippen LogP) is 5.76. The zero-order chi connectivity index (χ0) is 41.0. The SMILES string of the molecule is Cc1cc(S(=O)(=O)Nc2ccc(O)c3ccc(S(=O)(=O)O)cc23)ccc1NC(=O)Nc1ccc(S(=O)(=O)Nc2ccc(O)c3ccc(S(=O)(=O)O)cc23)cc1C. The van der Waals surface area contributed by atoms with Crippen LogP contribution in [0.2, 0.25) is 0 Å². The van der Waals surface area contributed by atoms with E-state index in [1.165, 1.54) is 86.6 Å². The van der Waals surface area contributed by atoms with Crippen molar-refractivity contribution < 1.29 is 57.8 Å². The van der Waals surface area contributed by atoms with Crippen molar-refractivity contribution in [2.75, 3.05) is 20.1 Å². The lowest BCUT2D eigenvalue weighted by Crippen LogP contribution is -2.21. The number of phenolic OH excluding ortho intramolecular Hbond substituents is 2. The van der Waals surface area contributed by atoms with Gasteiger partial charge in [0.05, 0.1) is 31.0 Å². The van der Waals surface area contributed by atoms with Crippen molar-refractivity contribution in [3.8, 4) is 11.5 Å². The largest absolute Gasteiger partial charge is 0.507 e. The number of aromatic hydroxyl groups is 2. The van der Waals surface area contributed by atoms with Crippen molar-refractivity contribution in [2.45, 2.75) is 33.4 Å². The van der Waals surface area contributed by atoms with Gasteiger partial charge in [-0.05, 0) is 122 Å². The van der Waals surface area contributed by atoms with Crippen LogP contribution in [0, 0.1) is 13.8 Å². The Morgan fingerprint density at radius 3 is 1.12 bits per heavy atom. The van der Waals surface area contributed by atoms with Gasteiger partial charge in [-0.2, -0.15) is 16.8 Å². The normalized spacial score (nSPS) is 12.4. The number of carbonyl (C=O) groups is 1. The summed E-state index contributed by atoms with van der Waals surface area (Å²) in [6.07, 6.45) is 0.